The number of nitrogens with two attached hydrogens (primary N) is 1. The van der Waals surface area contributed by atoms with Crippen molar-refractivity contribution in [2.24, 2.45) is 11.1 Å². The molecule has 1 atom stereocenters. The van der Waals surface area contributed by atoms with E-state index in [1.165, 1.54) is 0 Å². The molecule has 0 aliphatic carbocycles. The molecule has 2 aliphatic heterocycles. The van der Waals surface area contributed by atoms with E-state index in [9.17, 15) is 9.59 Å². The molecule has 1 unspecified atom stereocenters. The van der Waals surface area contributed by atoms with Gasteiger partial charge in [-0.1, -0.05) is 26.0 Å². The zero-order valence-electron chi connectivity index (χ0n) is 15.5. The van der Waals surface area contributed by atoms with Gasteiger partial charge in [-0.25, -0.2) is 0 Å². The SMILES string of the molecule is CC1(C)CN(CC(=O)N2c3ccccc3NC(=O)C2(C)C)CCC1N. The van der Waals surface area contributed by atoms with E-state index < -0.39 is 5.54 Å². The number of carbonyl (C=O) groups excluding carboxylic acids is 2. The third-order valence-electron chi connectivity index (χ3n) is 5.51. The molecule has 0 bridgehead atoms. The van der Waals surface area contributed by atoms with Crippen molar-refractivity contribution in [2.75, 3.05) is 29.9 Å². The van der Waals surface area contributed by atoms with Crippen molar-refractivity contribution in [3.05, 3.63) is 24.3 Å². The number of nitrogens with zero attached hydrogens (tertiary/aromatic N) is 2. The van der Waals surface area contributed by atoms with Gasteiger partial charge in [-0.05, 0) is 37.8 Å². The van der Waals surface area contributed by atoms with E-state index in [2.05, 4.69) is 24.1 Å². The van der Waals surface area contributed by atoms with Gasteiger partial charge in [0.25, 0.3) is 0 Å². The number of amides is 2. The first kappa shape index (κ1) is 17.9. The van der Waals surface area contributed by atoms with Crippen molar-refractivity contribution in [1.82, 2.24) is 4.90 Å². The Bertz CT molecular complexity index is 698. The third kappa shape index (κ3) is 3.16. The Morgan fingerprint density at radius 1 is 1.28 bits per heavy atom. The Labute approximate surface area is 149 Å². The molecule has 2 amide bonds. The van der Waals surface area contributed by atoms with Gasteiger partial charge in [-0.2, -0.15) is 0 Å². The standard InChI is InChI=1S/C19H28N4O2/c1-18(2)12-22(10-9-15(18)20)11-16(24)23-14-8-6-5-7-13(14)21-17(25)19(23,3)4/h5-8,15H,9-12,20H2,1-4H3,(H,21,25). The van der Waals surface area contributed by atoms with E-state index >= 15 is 0 Å². The number of fused-ring (bicyclic) bond motifs is 1. The van der Waals surface area contributed by atoms with Crippen LogP contribution in [0.5, 0.6) is 0 Å². The molecule has 2 aliphatic rings. The predicted molar refractivity (Wildman–Crippen MR) is 99.5 cm³/mol. The smallest absolute Gasteiger partial charge is 0.250 e. The lowest BCUT2D eigenvalue weighted by Crippen LogP contribution is -2.61. The lowest BCUT2D eigenvalue weighted by molar-refractivity contribution is -0.127. The summed E-state index contributed by atoms with van der Waals surface area (Å²) in [7, 11) is 0. The van der Waals surface area contributed by atoms with Crippen molar-refractivity contribution in [3.8, 4) is 0 Å². The number of para-hydroxylation sites is 2. The zero-order valence-corrected chi connectivity index (χ0v) is 15.5. The number of piperidine rings is 1. The summed E-state index contributed by atoms with van der Waals surface area (Å²) in [5.41, 5.74) is 6.69. The van der Waals surface area contributed by atoms with Gasteiger partial charge < -0.3 is 11.1 Å². The number of anilines is 2. The van der Waals surface area contributed by atoms with Crippen LogP contribution in [0.3, 0.4) is 0 Å². The van der Waals surface area contributed by atoms with Gasteiger partial charge in [0.15, 0.2) is 0 Å². The molecule has 0 spiro atoms. The van der Waals surface area contributed by atoms with Gasteiger partial charge in [0, 0.05) is 19.1 Å². The molecule has 6 heteroatoms. The average molecular weight is 344 g/mol. The normalized spacial score (nSPS) is 25.2. The van der Waals surface area contributed by atoms with Crippen LogP contribution in [0.25, 0.3) is 0 Å². The van der Waals surface area contributed by atoms with Crippen molar-refractivity contribution in [2.45, 2.75) is 45.7 Å². The molecule has 136 valence electrons. The molecule has 0 radical (unpaired) electrons. The van der Waals surface area contributed by atoms with Crippen LogP contribution < -0.4 is 16.0 Å². The Morgan fingerprint density at radius 2 is 1.96 bits per heavy atom. The molecule has 25 heavy (non-hydrogen) atoms. The summed E-state index contributed by atoms with van der Waals surface area (Å²) < 4.78 is 0. The molecule has 0 saturated carbocycles. The van der Waals surface area contributed by atoms with Crippen LogP contribution in [-0.2, 0) is 9.59 Å². The molecule has 1 aromatic rings. The van der Waals surface area contributed by atoms with Crippen LogP contribution in [0, 0.1) is 5.41 Å². The highest BCUT2D eigenvalue weighted by Gasteiger charge is 2.44. The molecule has 1 saturated heterocycles. The maximum Gasteiger partial charge on any atom is 0.250 e. The molecule has 1 aromatic carbocycles. The molecule has 6 nitrogen and oxygen atoms in total. The fourth-order valence-corrected chi connectivity index (χ4v) is 3.78. The Morgan fingerprint density at radius 3 is 2.64 bits per heavy atom. The number of hydrogen-bond donors (Lipinski definition) is 2. The highest BCUT2D eigenvalue weighted by atomic mass is 16.2. The minimum Gasteiger partial charge on any atom is -0.327 e. The summed E-state index contributed by atoms with van der Waals surface area (Å²) in [6.45, 7) is 9.73. The van der Waals surface area contributed by atoms with Crippen LogP contribution in [-0.4, -0.2) is 47.9 Å². The summed E-state index contributed by atoms with van der Waals surface area (Å²) in [6, 6.07) is 7.59. The predicted octanol–water partition coefficient (Wildman–Crippen LogP) is 1.81. The summed E-state index contributed by atoms with van der Waals surface area (Å²) in [5, 5.41) is 2.89. The molecular formula is C19H28N4O2. The number of nitrogens with one attached hydrogen (secondary N) is 1. The zero-order chi connectivity index (χ0) is 18.4. The van der Waals surface area contributed by atoms with E-state index in [0.29, 0.717) is 12.2 Å². The monoisotopic (exact) mass is 344 g/mol. The summed E-state index contributed by atoms with van der Waals surface area (Å²) in [5.74, 6) is -0.223. The van der Waals surface area contributed by atoms with Crippen molar-refractivity contribution in [1.29, 1.82) is 0 Å². The fraction of sp³-hybridized carbons (Fsp3) is 0.579. The van der Waals surface area contributed by atoms with Gasteiger partial charge in [-0.15, -0.1) is 0 Å². The van der Waals surface area contributed by atoms with Gasteiger partial charge in [0.1, 0.15) is 5.54 Å². The second-order valence-corrected chi connectivity index (χ2v) is 8.35. The number of benzene rings is 1. The van der Waals surface area contributed by atoms with E-state index in [0.717, 1.165) is 25.2 Å². The molecule has 2 heterocycles. The minimum absolute atomic E-state index is 0.0226. The second kappa shape index (κ2) is 6.11. The van der Waals surface area contributed by atoms with Gasteiger partial charge in [0.05, 0.1) is 17.9 Å². The highest BCUT2D eigenvalue weighted by molar-refractivity contribution is 6.14. The maximum atomic E-state index is 13.2. The molecule has 0 aromatic heterocycles. The Kier molecular flexibility index (Phi) is 4.37. The van der Waals surface area contributed by atoms with Gasteiger partial charge >= 0.3 is 0 Å². The van der Waals surface area contributed by atoms with Crippen molar-refractivity contribution >= 4 is 23.2 Å². The quantitative estimate of drug-likeness (QED) is 0.858. The molecule has 3 rings (SSSR count). The van der Waals surface area contributed by atoms with E-state index in [1.807, 2.05) is 24.3 Å². The summed E-state index contributed by atoms with van der Waals surface area (Å²) in [6.07, 6.45) is 0.876. The third-order valence-corrected chi connectivity index (χ3v) is 5.51. The lowest BCUT2D eigenvalue weighted by Gasteiger charge is -2.45. The molecular weight excluding hydrogens is 316 g/mol. The van der Waals surface area contributed by atoms with Crippen molar-refractivity contribution < 1.29 is 9.59 Å². The highest BCUT2D eigenvalue weighted by Crippen LogP contribution is 2.37. The summed E-state index contributed by atoms with van der Waals surface area (Å²) in [4.78, 5) is 29.4. The number of rotatable bonds is 2. The van der Waals surface area contributed by atoms with Gasteiger partial charge in [0.2, 0.25) is 11.8 Å². The number of likely N-dealkylation sites (tertiary alicyclic amines) is 1. The van der Waals surface area contributed by atoms with Crippen LogP contribution in [0.1, 0.15) is 34.1 Å². The number of carbonyl (C=O) groups is 2. The largest absolute Gasteiger partial charge is 0.327 e. The topological polar surface area (TPSA) is 78.7 Å². The Hall–Kier alpha value is -1.92. The lowest BCUT2D eigenvalue weighted by atomic mass is 9.79. The first-order valence-electron chi connectivity index (χ1n) is 8.84. The van der Waals surface area contributed by atoms with E-state index in [-0.39, 0.29) is 23.3 Å². The van der Waals surface area contributed by atoms with Gasteiger partial charge in [-0.3, -0.25) is 19.4 Å². The second-order valence-electron chi connectivity index (χ2n) is 8.35. The van der Waals surface area contributed by atoms with Crippen LogP contribution in [0.2, 0.25) is 0 Å². The Balaban J connectivity index is 1.84. The average Bonchev–Trinajstić information content (AvgIpc) is 2.51. The van der Waals surface area contributed by atoms with E-state index in [4.69, 9.17) is 5.73 Å². The molecule has 1 fully saturated rings. The molecule has 3 N–H and O–H groups in total. The minimum atomic E-state index is -0.923. The van der Waals surface area contributed by atoms with Crippen LogP contribution in [0.15, 0.2) is 24.3 Å². The first-order chi connectivity index (χ1) is 11.6. The van der Waals surface area contributed by atoms with Crippen LogP contribution in [0.4, 0.5) is 11.4 Å². The number of hydrogen-bond acceptors (Lipinski definition) is 4. The van der Waals surface area contributed by atoms with Crippen molar-refractivity contribution in [3.63, 3.8) is 0 Å². The fourth-order valence-electron chi connectivity index (χ4n) is 3.78. The van der Waals surface area contributed by atoms with E-state index in [1.54, 1.807) is 18.7 Å². The maximum absolute atomic E-state index is 13.2. The first-order valence-corrected chi connectivity index (χ1v) is 8.84. The summed E-state index contributed by atoms with van der Waals surface area (Å²) >= 11 is 0. The van der Waals surface area contributed by atoms with Crippen LogP contribution >= 0.6 is 0 Å².